The summed E-state index contributed by atoms with van der Waals surface area (Å²) in [6, 6.07) is 7.23. The summed E-state index contributed by atoms with van der Waals surface area (Å²) in [5.41, 5.74) is 4.16. The normalized spacial score (nSPS) is 20.0. The molecule has 0 saturated heterocycles. The average molecular weight is 333 g/mol. The van der Waals surface area contributed by atoms with Gasteiger partial charge in [0.25, 0.3) is 0 Å². The zero-order chi connectivity index (χ0) is 16.8. The Bertz CT molecular complexity index is 1040. The molecule has 1 aliphatic carbocycles. The highest BCUT2D eigenvalue weighted by atomic mass is 15.3. The Kier molecular flexibility index (Phi) is 3.21. The first-order valence-corrected chi connectivity index (χ1v) is 8.51. The molecular weight excluding hydrogens is 314 g/mol. The maximum Gasteiger partial charge on any atom is 0.241 e. The van der Waals surface area contributed by atoms with Crippen LogP contribution in [0, 0.1) is 0 Å². The zero-order valence-electron chi connectivity index (χ0n) is 13.9. The average Bonchev–Trinajstić information content (AvgIpc) is 3.23. The highest BCUT2D eigenvalue weighted by Gasteiger charge is 2.28. The second kappa shape index (κ2) is 5.56. The van der Waals surface area contributed by atoms with E-state index < -0.39 is 0 Å². The lowest BCUT2D eigenvalue weighted by molar-refractivity contribution is 0.325. The first kappa shape index (κ1) is 14.4. The van der Waals surface area contributed by atoms with Crippen molar-refractivity contribution in [2.75, 3.05) is 12.4 Å². The quantitative estimate of drug-likeness (QED) is 0.599. The van der Waals surface area contributed by atoms with Crippen molar-refractivity contribution in [2.45, 2.75) is 24.9 Å². The van der Waals surface area contributed by atoms with E-state index in [0.29, 0.717) is 18.0 Å². The summed E-state index contributed by atoms with van der Waals surface area (Å²) < 4.78 is 3.90. The lowest BCUT2D eigenvalue weighted by Crippen LogP contribution is -2.46. The molecule has 0 radical (unpaired) electrons. The number of pyridine rings is 1. The van der Waals surface area contributed by atoms with Crippen LogP contribution in [-0.2, 0) is 0 Å². The van der Waals surface area contributed by atoms with Gasteiger partial charge < -0.3 is 15.0 Å². The first-order chi connectivity index (χ1) is 12.3. The molecule has 1 saturated carbocycles. The fraction of sp³-hybridized carbons (Fsp3) is 0.278. The lowest BCUT2D eigenvalue weighted by Gasteiger charge is -2.35. The number of aromatic nitrogens is 5. The monoisotopic (exact) mass is 333 g/mol. The molecule has 0 unspecified atom stereocenters. The third-order valence-electron chi connectivity index (χ3n) is 5.00. The number of nitrogens with zero attached hydrogens (tertiary/aromatic N) is 5. The Labute approximate surface area is 144 Å². The summed E-state index contributed by atoms with van der Waals surface area (Å²) in [4.78, 5) is 8.80. The number of anilines is 1. The Morgan fingerprint density at radius 1 is 1.08 bits per heavy atom. The molecule has 7 nitrogen and oxygen atoms in total. The predicted molar refractivity (Wildman–Crippen MR) is 96.7 cm³/mol. The minimum Gasteiger partial charge on any atom is -0.350 e. The Hall–Kier alpha value is -2.93. The van der Waals surface area contributed by atoms with E-state index in [9.17, 15) is 0 Å². The van der Waals surface area contributed by atoms with Crippen LogP contribution in [0.5, 0.6) is 0 Å². The molecule has 25 heavy (non-hydrogen) atoms. The number of hydrogen-bond acceptors (Lipinski definition) is 5. The van der Waals surface area contributed by atoms with Crippen LogP contribution in [0.2, 0.25) is 0 Å². The molecule has 0 spiro atoms. The molecule has 1 aliphatic rings. The van der Waals surface area contributed by atoms with Crippen molar-refractivity contribution in [3.63, 3.8) is 0 Å². The Morgan fingerprint density at radius 3 is 2.88 bits per heavy atom. The smallest absolute Gasteiger partial charge is 0.241 e. The van der Waals surface area contributed by atoms with Gasteiger partial charge in [-0.05, 0) is 38.1 Å². The number of imidazole rings is 1. The second-order valence-corrected chi connectivity index (χ2v) is 6.55. The van der Waals surface area contributed by atoms with Gasteiger partial charge in [-0.3, -0.25) is 0 Å². The maximum atomic E-state index is 4.60. The van der Waals surface area contributed by atoms with Crippen LogP contribution >= 0.6 is 0 Å². The first-order valence-electron chi connectivity index (χ1n) is 8.51. The molecule has 4 aromatic heterocycles. The summed E-state index contributed by atoms with van der Waals surface area (Å²) in [5.74, 6) is 0.680. The summed E-state index contributed by atoms with van der Waals surface area (Å²) in [6.45, 7) is 0. The lowest BCUT2D eigenvalue weighted by atomic mass is 9.87. The molecule has 7 heteroatoms. The third-order valence-corrected chi connectivity index (χ3v) is 5.00. The van der Waals surface area contributed by atoms with Gasteiger partial charge in [0.2, 0.25) is 5.95 Å². The molecule has 0 aliphatic heterocycles. The fourth-order valence-corrected chi connectivity index (χ4v) is 3.44. The van der Waals surface area contributed by atoms with E-state index in [4.69, 9.17) is 0 Å². The van der Waals surface area contributed by atoms with Crippen LogP contribution in [0.1, 0.15) is 12.8 Å². The topological polar surface area (TPSA) is 71.5 Å². The Balaban J connectivity index is 1.45. The van der Waals surface area contributed by atoms with Gasteiger partial charge in [0.05, 0.1) is 11.7 Å². The van der Waals surface area contributed by atoms with Crippen molar-refractivity contribution in [3.05, 3.63) is 49.2 Å². The van der Waals surface area contributed by atoms with Gasteiger partial charge in [-0.2, -0.15) is 0 Å². The summed E-state index contributed by atoms with van der Waals surface area (Å²) in [7, 11) is 2.01. The van der Waals surface area contributed by atoms with Crippen molar-refractivity contribution in [1.29, 1.82) is 0 Å². The van der Waals surface area contributed by atoms with Crippen molar-refractivity contribution < 1.29 is 0 Å². The van der Waals surface area contributed by atoms with Gasteiger partial charge in [-0.1, -0.05) is 0 Å². The van der Waals surface area contributed by atoms with E-state index in [1.54, 1.807) is 6.20 Å². The number of hydrogen-bond donors (Lipinski definition) is 2. The third kappa shape index (κ3) is 2.44. The van der Waals surface area contributed by atoms with Gasteiger partial charge in [0, 0.05) is 48.0 Å². The minimum absolute atomic E-state index is 0.452. The summed E-state index contributed by atoms with van der Waals surface area (Å²) in [6.07, 6.45) is 11.9. The van der Waals surface area contributed by atoms with E-state index in [-0.39, 0.29) is 0 Å². The van der Waals surface area contributed by atoms with Crippen molar-refractivity contribution in [2.24, 2.45) is 0 Å². The largest absolute Gasteiger partial charge is 0.350 e. The van der Waals surface area contributed by atoms with E-state index in [1.807, 2.05) is 40.6 Å². The van der Waals surface area contributed by atoms with Crippen LogP contribution in [-0.4, -0.2) is 43.1 Å². The van der Waals surface area contributed by atoms with E-state index >= 15 is 0 Å². The molecule has 0 bridgehead atoms. The van der Waals surface area contributed by atoms with Crippen molar-refractivity contribution in [3.8, 4) is 11.1 Å². The maximum absolute atomic E-state index is 4.60. The highest BCUT2D eigenvalue weighted by Crippen LogP contribution is 2.26. The number of nitrogens with one attached hydrogen (secondary N) is 2. The van der Waals surface area contributed by atoms with Crippen molar-refractivity contribution in [1.82, 2.24) is 29.3 Å². The van der Waals surface area contributed by atoms with E-state index in [1.165, 1.54) is 0 Å². The molecule has 0 atom stereocenters. The van der Waals surface area contributed by atoms with Gasteiger partial charge in [0.15, 0.2) is 0 Å². The van der Waals surface area contributed by atoms with Crippen LogP contribution in [0.4, 0.5) is 5.95 Å². The summed E-state index contributed by atoms with van der Waals surface area (Å²) >= 11 is 0. The van der Waals surface area contributed by atoms with Gasteiger partial charge >= 0.3 is 0 Å². The molecule has 0 amide bonds. The van der Waals surface area contributed by atoms with Gasteiger partial charge in [-0.15, -0.1) is 5.10 Å². The number of rotatable bonds is 4. The van der Waals surface area contributed by atoms with Crippen molar-refractivity contribution >= 4 is 17.1 Å². The second-order valence-electron chi connectivity index (χ2n) is 6.55. The van der Waals surface area contributed by atoms with Crippen LogP contribution in [0.3, 0.4) is 0 Å². The summed E-state index contributed by atoms with van der Waals surface area (Å²) in [5, 5.41) is 11.3. The van der Waals surface area contributed by atoms with Crippen LogP contribution in [0.15, 0.2) is 49.2 Å². The predicted octanol–water partition coefficient (Wildman–Crippen LogP) is 2.21. The Morgan fingerprint density at radius 2 is 2.00 bits per heavy atom. The molecule has 5 rings (SSSR count). The zero-order valence-corrected chi connectivity index (χ0v) is 13.9. The van der Waals surface area contributed by atoms with E-state index in [2.05, 4.69) is 44.0 Å². The van der Waals surface area contributed by atoms with Crippen LogP contribution < -0.4 is 10.6 Å². The highest BCUT2D eigenvalue weighted by molar-refractivity contribution is 5.80. The molecule has 0 aromatic carbocycles. The molecular formula is C18H19N7. The molecule has 4 heterocycles. The molecule has 2 N–H and O–H groups in total. The van der Waals surface area contributed by atoms with Gasteiger partial charge in [0.1, 0.15) is 5.65 Å². The standard InChI is InChI=1S/C18H19N7/c1-19-13-8-14(9-13)22-18-21-10-16-15(4-6-25(16)23-18)12-2-3-17-20-5-7-24(17)11-12/h2-7,10-11,13-14,19H,8-9H2,1H3,(H,22,23)/t13-,14+. The fourth-order valence-electron chi connectivity index (χ4n) is 3.44. The SMILES string of the molecule is CN[C@H]1C[C@@H](Nc2ncc3c(-c4ccc5nccn5c4)ccn3n2)C1. The molecule has 1 fully saturated rings. The van der Waals surface area contributed by atoms with E-state index in [0.717, 1.165) is 35.1 Å². The molecule has 4 aromatic rings. The van der Waals surface area contributed by atoms with Crippen LogP contribution in [0.25, 0.3) is 22.3 Å². The molecule has 126 valence electrons. The number of fused-ring (bicyclic) bond motifs is 2. The minimum atomic E-state index is 0.452. The van der Waals surface area contributed by atoms with Gasteiger partial charge in [-0.25, -0.2) is 14.5 Å².